The van der Waals surface area contributed by atoms with Crippen molar-refractivity contribution < 1.29 is 19.4 Å². The molecule has 168 valence electrons. The first-order valence-electron chi connectivity index (χ1n) is 9.99. The number of primary amides is 1. The second-order valence-corrected chi connectivity index (χ2v) is 7.24. The van der Waals surface area contributed by atoms with Crippen LogP contribution in [0.15, 0.2) is 53.7 Å². The van der Waals surface area contributed by atoms with E-state index < -0.39 is 17.4 Å². The minimum atomic E-state index is -0.742. The highest BCUT2D eigenvalue weighted by Gasteiger charge is 2.20. The topological polar surface area (TPSA) is 144 Å². The summed E-state index contributed by atoms with van der Waals surface area (Å²) in [4.78, 5) is 39.3. The van der Waals surface area contributed by atoms with Crippen LogP contribution in [-0.4, -0.2) is 63.4 Å². The number of benzene rings is 1. The lowest BCUT2D eigenvalue weighted by molar-refractivity contribution is 0.0794. The molecule has 0 bridgehead atoms. The number of aliphatic hydroxyl groups is 1. The summed E-state index contributed by atoms with van der Waals surface area (Å²) in [6.45, 7) is 0.492. The quantitative estimate of drug-likeness (QED) is 0.417. The molecule has 0 aliphatic rings. The van der Waals surface area contributed by atoms with Crippen molar-refractivity contribution >= 4 is 11.8 Å². The molecule has 10 nitrogen and oxygen atoms in total. The summed E-state index contributed by atoms with van der Waals surface area (Å²) in [5.74, 6) is -0.713. The molecule has 0 spiro atoms. The van der Waals surface area contributed by atoms with Crippen molar-refractivity contribution in [1.29, 1.82) is 0 Å². The molecule has 0 aliphatic carbocycles. The Labute approximate surface area is 184 Å². The van der Waals surface area contributed by atoms with E-state index in [1.165, 1.54) is 21.7 Å². The normalized spacial score (nSPS) is 10.7. The van der Waals surface area contributed by atoms with Crippen LogP contribution in [0.25, 0.3) is 0 Å². The van der Waals surface area contributed by atoms with E-state index in [4.69, 9.17) is 15.6 Å². The first kappa shape index (κ1) is 22.8. The van der Waals surface area contributed by atoms with Gasteiger partial charge in [-0.1, -0.05) is 12.1 Å². The van der Waals surface area contributed by atoms with Gasteiger partial charge < -0.3 is 25.0 Å². The van der Waals surface area contributed by atoms with Crippen molar-refractivity contribution in [3.05, 3.63) is 81.5 Å². The molecule has 0 radical (unpaired) electrons. The summed E-state index contributed by atoms with van der Waals surface area (Å²) in [6, 6.07) is 8.22. The van der Waals surface area contributed by atoms with Crippen LogP contribution in [0.3, 0.4) is 0 Å². The van der Waals surface area contributed by atoms with Crippen LogP contribution < -0.4 is 16.0 Å². The number of hydrogen-bond donors (Lipinski definition) is 3. The molecule has 1 aromatic carbocycles. The van der Waals surface area contributed by atoms with Crippen LogP contribution in [0.4, 0.5) is 0 Å². The van der Waals surface area contributed by atoms with Crippen molar-refractivity contribution in [2.45, 2.75) is 13.0 Å². The van der Waals surface area contributed by atoms with Gasteiger partial charge in [-0.2, -0.15) is 5.10 Å². The van der Waals surface area contributed by atoms with E-state index in [2.05, 4.69) is 10.2 Å². The summed E-state index contributed by atoms with van der Waals surface area (Å²) >= 11 is 0. The molecule has 0 saturated carbocycles. The number of aliphatic hydroxyl groups excluding tert-OH is 1. The Bertz CT molecular complexity index is 1140. The van der Waals surface area contributed by atoms with Crippen molar-refractivity contribution in [3.8, 4) is 5.75 Å². The standard InChI is InChI=1S/C22H25N5O5/c1-26(6-5-16-11-24-25-12-16)21(30)19-10-17(20(23)29)14-27(22(19)31)13-15-3-2-4-18(9-15)32-8-7-28/h2-4,9-12,14,28H,5-8,13H2,1H3,(H2,23,29)(H,24,25). The van der Waals surface area contributed by atoms with Gasteiger partial charge in [-0.3, -0.25) is 19.5 Å². The molecule has 0 atom stereocenters. The zero-order chi connectivity index (χ0) is 23.1. The van der Waals surface area contributed by atoms with E-state index in [-0.39, 0.29) is 30.9 Å². The van der Waals surface area contributed by atoms with E-state index in [0.29, 0.717) is 18.7 Å². The van der Waals surface area contributed by atoms with E-state index in [1.54, 1.807) is 43.7 Å². The molecule has 32 heavy (non-hydrogen) atoms. The van der Waals surface area contributed by atoms with Crippen molar-refractivity contribution in [3.63, 3.8) is 0 Å². The highest BCUT2D eigenvalue weighted by Crippen LogP contribution is 2.15. The van der Waals surface area contributed by atoms with E-state index in [1.807, 2.05) is 0 Å². The van der Waals surface area contributed by atoms with Crippen LogP contribution in [0.5, 0.6) is 5.75 Å². The number of nitrogens with one attached hydrogen (secondary N) is 1. The van der Waals surface area contributed by atoms with Gasteiger partial charge in [-0.15, -0.1) is 0 Å². The summed E-state index contributed by atoms with van der Waals surface area (Å²) in [7, 11) is 1.59. The average Bonchev–Trinajstić information content (AvgIpc) is 3.30. The maximum Gasteiger partial charge on any atom is 0.263 e. The number of likely N-dealkylation sites (N-methyl/N-ethyl adjacent to an activating group) is 1. The summed E-state index contributed by atoms with van der Waals surface area (Å²) < 4.78 is 6.68. The zero-order valence-electron chi connectivity index (χ0n) is 17.7. The Balaban J connectivity index is 1.87. The fraction of sp³-hybridized carbons (Fsp3) is 0.273. The number of nitrogens with zero attached hydrogens (tertiary/aromatic N) is 3. The lowest BCUT2D eigenvalue weighted by Crippen LogP contribution is -2.36. The largest absolute Gasteiger partial charge is 0.491 e. The predicted octanol–water partition coefficient (Wildman–Crippen LogP) is 0.404. The second kappa shape index (κ2) is 10.4. The van der Waals surface area contributed by atoms with Gasteiger partial charge in [-0.25, -0.2) is 0 Å². The van der Waals surface area contributed by atoms with Gasteiger partial charge in [0.05, 0.1) is 24.9 Å². The zero-order valence-corrected chi connectivity index (χ0v) is 17.7. The van der Waals surface area contributed by atoms with Gasteiger partial charge in [0.25, 0.3) is 11.5 Å². The van der Waals surface area contributed by atoms with Gasteiger partial charge in [-0.05, 0) is 35.7 Å². The number of aromatic nitrogens is 3. The van der Waals surface area contributed by atoms with Gasteiger partial charge in [0, 0.05) is 26.0 Å². The SMILES string of the molecule is CN(CCc1cn[nH]c1)C(=O)c1cc(C(N)=O)cn(Cc2cccc(OCCO)c2)c1=O. The van der Waals surface area contributed by atoms with Gasteiger partial charge in [0.2, 0.25) is 5.91 Å². The molecule has 2 heterocycles. The molecule has 3 rings (SSSR count). The molecule has 2 amide bonds. The number of nitrogens with two attached hydrogens (primary N) is 1. The van der Waals surface area contributed by atoms with E-state index in [0.717, 1.165) is 11.1 Å². The number of pyridine rings is 1. The van der Waals surface area contributed by atoms with E-state index >= 15 is 0 Å². The maximum absolute atomic E-state index is 13.1. The lowest BCUT2D eigenvalue weighted by Gasteiger charge is -2.18. The number of H-pyrrole nitrogens is 1. The van der Waals surface area contributed by atoms with Gasteiger partial charge in [0.1, 0.15) is 17.9 Å². The van der Waals surface area contributed by atoms with Gasteiger partial charge >= 0.3 is 0 Å². The second-order valence-electron chi connectivity index (χ2n) is 7.24. The third-order valence-corrected chi connectivity index (χ3v) is 4.85. The molecule has 0 saturated heterocycles. The Hall–Kier alpha value is -3.92. The molecule has 0 aliphatic heterocycles. The summed E-state index contributed by atoms with van der Waals surface area (Å²) in [6.07, 6.45) is 5.30. The molecule has 4 N–H and O–H groups in total. The molecule has 10 heteroatoms. The van der Waals surface area contributed by atoms with E-state index in [9.17, 15) is 14.4 Å². The molecule has 2 aromatic heterocycles. The summed E-state index contributed by atoms with van der Waals surface area (Å²) in [5.41, 5.74) is 6.48. The number of hydrogen-bond acceptors (Lipinski definition) is 6. The highest BCUT2D eigenvalue weighted by atomic mass is 16.5. The number of carbonyl (C=O) groups is 2. The summed E-state index contributed by atoms with van der Waals surface area (Å²) in [5, 5.41) is 15.5. The van der Waals surface area contributed by atoms with Crippen molar-refractivity contribution in [2.75, 3.05) is 26.8 Å². The highest BCUT2D eigenvalue weighted by molar-refractivity contribution is 5.98. The van der Waals surface area contributed by atoms with Crippen LogP contribution >= 0.6 is 0 Å². The molecule has 3 aromatic rings. The molecule has 0 unspecified atom stereocenters. The Morgan fingerprint density at radius 2 is 2.09 bits per heavy atom. The van der Waals surface area contributed by atoms with Crippen LogP contribution in [0, 0.1) is 0 Å². The first-order chi connectivity index (χ1) is 15.4. The number of aromatic amines is 1. The Morgan fingerprint density at radius 1 is 1.28 bits per heavy atom. The number of amides is 2. The minimum Gasteiger partial charge on any atom is -0.491 e. The minimum absolute atomic E-state index is 0.0591. The third-order valence-electron chi connectivity index (χ3n) is 4.85. The Kier molecular flexibility index (Phi) is 7.40. The van der Waals surface area contributed by atoms with Crippen LogP contribution in [-0.2, 0) is 13.0 Å². The maximum atomic E-state index is 13.1. The third kappa shape index (κ3) is 5.61. The monoisotopic (exact) mass is 439 g/mol. The smallest absolute Gasteiger partial charge is 0.263 e. The molecular weight excluding hydrogens is 414 g/mol. The van der Waals surface area contributed by atoms with Crippen LogP contribution in [0.2, 0.25) is 0 Å². The van der Waals surface area contributed by atoms with Crippen molar-refractivity contribution in [1.82, 2.24) is 19.7 Å². The van der Waals surface area contributed by atoms with Gasteiger partial charge in [0.15, 0.2) is 0 Å². The average molecular weight is 439 g/mol. The van der Waals surface area contributed by atoms with Crippen LogP contribution in [0.1, 0.15) is 31.8 Å². The number of ether oxygens (including phenoxy) is 1. The fourth-order valence-corrected chi connectivity index (χ4v) is 3.15. The lowest BCUT2D eigenvalue weighted by atomic mass is 10.1. The first-order valence-corrected chi connectivity index (χ1v) is 9.99. The van der Waals surface area contributed by atoms with Crippen molar-refractivity contribution in [2.24, 2.45) is 5.73 Å². The number of carbonyl (C=O) groups excluding carboxylic acids is 2. The molecule has 0 fully saturated rings. The number of rotatable bonds is 10. The fourth-order valence-electron chi connectivity index (χ4n) is 3.15. The molecular formula is C22H25N5O5. The Morgan fingerprint density at radius 3 is 2.78 bits per heavy atom. The predicted molar refractivity (Wildman–Crippen MR) is 117 cm³/mol.